The lowest BCUT2D eigenvalue weighted by Crippen LogP contribution is -2.33. The molecule has 8 aromatic carbocycles. The highest BCUT2D eigenvalue weighted by Crippen LogP contribution is 2.62. The van der Waals surface area contributed by atoms with Crippen LogP contribution >= 0.6 is 15.9 Å². The van der Waals surface area contributed by atoms with E-state index in [0.29, 0.717) is 17.3 Å². The smallest absolute Gasteiger partial charge is 0.422 e. The maximum absolute atomic E-state index is 9.72. The van der Waals surface area contributed by atoms with Gasteiger partial charge in [-0.1, -0.05) is 145 Å². The summed E-state index contributed by atoms with van der Waals surface area (Å²) in [7, 11) is -1.34. The Morgan fingerprint density at radius 2 is 1.30 bits per heavy atom. The molecule has 3 aliphatic rings. The van der Waals surface area contributed by atoms with Crippen LogP contribution in [0.2, 0.25) is 0 Å². The van der Waals surface area contributed by atoms with Gasteiger partial charge in [0.25, 0.3) is 0 Å². The number of fused-ring (bicyclic) bond motifs is 9. The molecule has 2 fully saturated rings. The number of rotatable bonds is 4. The number of hydrogen-bond acceptors (Lipinski definition) is 4. The van der Waals surface area contributed by atoms with E-state index >= 15 is 0 Å². The van der Waals surface area contributed by atoms with Gasteiger partial charge in [-0.15, -0.1) is 0 Å². The molecule has 2 saturated carbocycles. The molecule has 6 heteroatoms. The molecule has 0 saturated heterocycles. The van der Waals surface area contributed by atoms with E-state index in [9.17, 15) is 5.02 Å². The van der Waals surface area contributed by atoms with Crippen LogP contribution in [-0.4, -0.2) is 23.1 Å². The number of aliphatic imine (C=N–C) groups is 1. The molecule has 0 amide bonds. The van der Waals surface area contributed by atoms with Crippen molar-refractivity contribution in [2.45, 2.75) is 32.6 Å². The number of halogens is 1. The van der Waals surface area contributed by atoms with Crippen LogP contribution in [0.3, 0.4) is 0 Å². The third kappa shape index (κ3) is 5.51. The first-order valence-electron chi connectivity index (χ1n) is 18.2. The molecule has 0 radical (unpaired) electrons. The summed E-state index contributed by atoms with van der Waals surface area (Å²) in [6.45, 7) is 0. The lowest BCUT2D eigenvalue weighted by Gasteiger charge is -2.37. The minimum absolute atomic E-state index is 0. The zero-order valence-electron chi connectivity index (χ0n) is 28.4. The summed E-state index contributed by atoms with van der Waals surface area (Å²) in [5.74, 6) is 2.77. The molecule has 0 spiro atoms. The Hall–Kier alpha value is -4.85. The summed E-state index contributed by atoms with van der Waals surface area (Å²) < 4.78 is 1.13. The summed E-state index contributed by atoms with van der Waals surface area (Å²) in [6, 6.07) is 48.7. The van der Waals surface area contributed by atoms with Crippen LogP contribution in [0.15, 0.2) is 149 Å². The summed E-state index contributed by atoms with van der Waals surface area (Å²) >= 11 is 3.61. The standard InChI is InChI=1S/C30H22BrN.C16H13BO3.CH4/c31-22-11-8-18(9-12-22)29-28-20-7-6-19(14-20)27(28)24-15-21-5-4-16-2-1-3-17-10-13-23(30(24)32-29)26(21)25(16)17;18-17(20-19)16-11-10-13(12-6-2-1-3-7-12)14-8-4-5-9-15(14)16;/h1-5,8-13,15,19-20,27-28H,6-7,14H2;1-11,18-19H;1H4. The minimum atomic E-state index is -1.34. The Morgan fingerprint density at radius 1 is 0.623 bits per heavy atom. The summed E-state index contributed by atoms with van der Waals surface area (Å²) in [6.07, 6.45) is 4.12. The van der Waals surface area contributed by atoms with Gasteiger partial charge >= 0.3 is 7.12 Å². The van der Waals surface area contributed by atoms with Gasteiger partial charge in [0.1, 0.15) is 0 Å². The van der Waals surface area contributed by atoms with Crippen molar-refractivity contribution in [2.75, 3.05) is 0 Å². The van der Waals surface area contributed by atoms with Gasteiger partial charge in [-0.05, 0) is 121 Å². The van der Waals surface area contributed by atoms with Crippen molar-refractivity contribution in [3.63, 3.8) is 0 Å². The molecule has 1 aliphatic heterocycles. The van der Waals surface area contributed by atoms with Crippen LogP contribution in [0, 0.1) is 17.8 Å². The van der Waals surface area contributed by atoms with E-state index in [4.69, 9.17) is 10.2 Å². The molecule has 1 heterocycles. The van der Waals surface area contributed by atoms with Gasteiger partial charge in [-0.3, -0.25) is 15.1 Å². The zero-order valence-corrected chi connectivity index (χ0v) is 30.0. The Bertz CT molecular complexity index is 2640. The largest absolute Gasteiger partial charge is 0.523 e. The molecule has 2 N–H and O–H groups in total. The summed E-state index contributed by atoms with van der Waals surface area (Å²) in [4.78, 5) is 9.56. The lowest BCUT2D eigenvalue weighted by molar-refractivity contribution is -0.154. The SMILES string of the molecule is Brc1ccc(C2=Nc3c(cc4ccc5cccc6ccc3c4c56)C3C4CCC(C4)C23)cc1.C.OOB(O)c1ccc(-c2ccccc2)c2ccccc12. The second-order valence-corrected chi connectivity index (χ2v) is 15.5. The average molecular weight is 757 g/mol. The quantitative estimate of drug-likeness (QED) is 0.0814. The molecule has 260 valence electrons. The Labute approximate surface area is 318 Å². The van der Waals surface area contributed by atoms with Crippen LogP contribution < -0.4 is 5.46 Å². The second kappa shape index (κ2) is 13.5. The average Bonchev–Trinajstić information content (AvgIpc) is 3.83. The molecular formula is C47H39BBrNO3. The van der Waals surface area contributed by atoms with Crippen molar-refractivity contribution < 1.29 is 15.1 Å². The van der Waals surface area contributed by atoms with E-state index in [0.717, 1.165) is 38.2 Å². The molecule has 2 bridgehead atoms. The fraction of sp³-hybridized carbons (Fsp3) is 0.170. The summed E-state index contributed by atoms with van der Waals surface area (Å²) in [5, 5.41) is 28.4. The zero-order chi connectivity index (χ0) is 34.9. The minimum Gasteiger partial charge on any atom is -0.422 e. The van der Waals surface area contributed by atoms with Gasteiger partial charge in [-0.2, -0.15) is 0 Å². The van der Waals surface area contributed by atoms with Crippen LogP contribution in [0.5, 0.6) is 0 Å². The molecule has 4 unspecified atom stereocenters. The van der Waals surface area contributed by atoms with E-state index in [1.54, 1.807) is 6.07 Å². The van der Waals surface area contributed by atoms with Gasteiger partial charge in [0.15, 0.2) is 0 Å². The third-order valence-corrected chi connectivity index (χ3v) is 12.5. The number of benzene rings is 8. The van der Waals surface area contributed by atoms with Gasteiger partial charge in [0.2, 0.25) is 0 Å². The number of hydrogen-bond donors (Lipinski definition) is 2. The van der Waals surface area contributed by atoms with Crippen molar-refractivity contribution in [2.24, 2.45) is 22.7 Å². The molecule has 53 heavy (non-hydrogen) atoms. The van der Waals surface area contributed by atoms with Crippen molar-refractivity contribution in [3.05, 3.63) is 155 Å². The Morgan fingerprint density at radius 3 is 2.06 bits per heavy atom. The molecule has 2 aliphatic carbocycles. The molecule has 0 aromatic heterocycles. The van der Waals surface area contributed by atoms with E-state index < -0.39 is 7.12 Å². The summed E-state index contributed by atoms with van der Waals surface area (Å²) in [5.41, 5.74) is 8.10. The molecular weight excluding hydrogens is 717 g/mol. The Balaban J connectivity index is 0.000000154. The van der Waals surface area contributed by atoms with Crippen molar-refractivity contribution in [1.29, 1.82) is 0 Å². The van der Waals surface area contributed by atoms with Crippen molar-refractivity contribution in [1.82, 2.24) is 0 Å². The van der Waals surface area contributed by atoms with Gasteiger partial charge in [0.05, 0.1) is 11.4 Å². The highest BCUT2D eigenvalue weighted by atomic mass is 79.9. The highest BCUT2D eigenvalue weighted by molar-refractivity contribution is 9.10. The van der Waals surface area contributed by atoms with E-state index in [1.165, 1.54) is 74.1 Å². The predicted molar refractivity (Wildman–Crippen MR) is 225 cm³/mol. The Kier molecular flexibility index (Phi) is 8.67. The van der Waals surface area contributed by atoms with Crippen LogP contribution in [0.4, 0.5) is 5.69 Å². The maximum atomic E-state index is 9.72. The van der Waals surface area contributed by atoms with Gasteiger partial charge in [-0.25, -0.2) is 0 Å². The number of nitrogens with zero attached hydrogens (tertiary/aromatic N) is 1. The first-order chi connectivity index (χ1) is 25.6. The molecule has 4 nitrogen and oxygen atoms in total. The van der Waals surface area contributed by atoms with Crippen LogP contribution in [-0.2, 0) is 4.81 Å². The van der Waals surface area contributed by atoms with E-state index in [-0.39, 0.29) is 7.43 Å². The molecule has 11 rings (SSSR count). The van der Waals surface area contributed by atoms with Gasteiger partial charge in [0, 0.05) is 15.8 Å². The lowest BCUT2D eigenvalue weighted by atomic mass is 9.69. The van der Waals surface area contributed by atoms with Crippen molar-refractivity contribution in [3.8, 4) is 11.1 Å². The highest BCUT2D eigenvalue weighted by Gasteiger charge is 2.52. The first kappa shape index (κ1) is 34.0. The van der Waals surface area contributed by atoms with E-state index in [1.807, 2.05) is 60.7 Å². The second-order valence-electron chi connectivity index (χ2n) is 14.6. The maximum Gasteiger partial charge on any atom is 0.523 e. The van der Waals surface area contributed by atoms with Crippen molar-refractivity contribution >= 4 is 83.0 Å². The van der Waals surface area contributed by atoms with Crippen LogP contribution in [0.25, 0.3) is 54.2 Å². The fourth-order valence-electron chi connectivity index (χ4n) is 9.87. The topological polar surface area (TPSA) is 62.1 Å². The van der Waals surface area contributed by atoms with Gasteiger partial charge < -0.3 is 5.02 Å². The fourth-order valence-corrected chi connectivity index (χ4v) is 10.1. The monoisotopic (exact) mass is 755 g/mol. The predicted octanol–water partition coefficient (Wildman–Crippen LogP) is 11.9. The third-order valence-electron chi connectivity index (χ3n) is 12.0. The normalized spacial score (nSPS) is 19.8. The first-order valence-corrected chi connectivity index (χ1v) is 19.0. The molecule has 4 atom stereocenters. The van der Waals surface area contributed by atoms with E-state index in [2.05, 4.69) is 93.5 Å². The molecule has 8 aromatic rings. The van der Waals surface area contributed by atoms with Crippen LogP contribution in [0.1, 0.15) is 43.7 Å².